The average Bonchev–Trinajstić information content (AvgIpc) is 3.06. The Morgan fingerprint density at radius 3 is 2.14 bits per heavy atom. The number of nitrogens with zero attached hydrogens (tertiary/aromatic N) is 1. The molecule has 3 aromatic rings. The molecular formula is C26H31F5N2OS. The monoisotopic (exact) mass is 514 g/mol. The van der Waals surface area contributed by atoms with E-state index in [9.17, 15) is 26.5 Å². The van der Waals surface area contributed by atoms with E-state index in [1.807, 2.05) is 20.8 Å². The maximum absolute atomic E-state index is 14.2. The summed E-state index contributed by atoms with van der Waals surface area (Å²) in [6, 6.07) is 8.48. The summed E-state index contributed by atoms with van der Waals surface area (Å²) in [5.41, 5.74) is 0.159. The first-order valence-corrected chi connectivity index (χ1v) is 12.4. The van der Waals surface area contributed by atoms with Crippen molar-refractivity contribution in [3.05, 3.63) is 59.8 Å². The maximum atomic E-state index is 14.2. The van der Waals surface area contributed by atoms with E-state index >= 15 is 0 Å². The third kappa shape index (κ3) is 6.37. The number of alkyl halides is 5. The maximum Gasteiger partial charge on any atom is 0.417 e. The predicted molar refractivity (Wildman–Crippen MR) is 132 cm³/mol. The molecule has 0 aliphatic carbocycles. The Bertz CT molecular complexity index is 1180. The molecule has 3 rings (SSSR count). The number of hydrogen-bond donors (Lipinski definition) is 1. The Balaban J connectivity index is 2.21. The highest BCUT2D eigenvalue weighted by Crippen LogP contribution is 2.40. The highest BCUT2D eigenvalue weighted by Gasteiger charge is 2.36. The fourth-order valence-electron chi connectivity index (χ4n) is 3.90. The minimum Gasteiger partial charge on any atom is -0.598 e. The van der Waals surface area contributed by atoms with Gasteiger partial charge < -0.3 is 9.12 Å². The van der Waals surface area contributed by atoms with Crippen molar-refractivity contribution in [3.63, 3.8) is 0 Å². The van der Waals surface area contributed by atoms with Crippen molar-refractivity contribution in [1.82, 2.24) is 9.29 Å². The summed E-state index contributed by atoms with van der Waals surface area (Å²) in [5.74, 6) is 0. The van der Waals surface area contributed by atoms with E-state index in [2.05, 4.69) is 4.72 Å². The first-order valence-electron chi connectivity index (χ1n) is 11.2. The molecule has 0 spiro atoms. The molecule has 192 valence electrons. The standard InChI is InChI=1S/C26H31F5N2OS/c1-24(2,3)15-33-14-19(22(23(27)28)32-35(34)25(4,5)6)18-12-11-16(13-21(18)33)17-9-7-8-10-20(17)26(29,30)31/h7-14,22-23,32H,15H2,1-6H3/t22-,35-/m0/s1. The van der Waals surface area contributed by atoms with E-state index in [-0.39, 0.29) is 16.5 Å². The summed E-state index contributed by atoms with van der Waals surface area (Å²) in [7, 11) is 0. The summed E-state index contributed by atoms with van der Waals surface area (Å²) in [4.78, 5) is 0. The van der Waals surface area contributed by atoms with Gasteiger partial charge in [0, 0.05) is 40.6 Å². The lowest BCUT2D eigenvalue weighted by atomic mass is 9.96. The minimum absolute atomic E-state index is 0.0179. The second-order valence-electron chi connectivity index (χ2n) is 10.9. The first-order chi connectivity index (χ1) is 16.0. The molecule has 35 heavy (non-hydrogen) atoms. The summed E-state index contributed by atoms with van der Waals surface area (Å²) in [5, 5.41) is 0.478. The molecule has 0 saturated heterocycles. The summed E-state index contributed by atoms with van der Waals surface area (Å²) < 4.78 is 85.6. The number of hydrogen-bond acceptors (Lipinski definition) is 2. The molecular weight excluding hydrogens is 483 g/mol. The molecule has 3 nitrogen and oxygen atoms in total. The average molecular weight is 515 g/mol. The van der Waals surface area contributed by atoms with Gasteiger partial charge in [-0.05, 0) is 49.4 Å². The van der Waals surface area contributed by atoms with Crippen LogP contribution in [-0.2, 0) is 24.1 Å². The van der Waals surface area contributed by atoms with Gasteiger partial charge in [0.2, 0.25) is 0 Å². The van der Waals surface area contributed by atoms with Gasteiger partial charge in [-0.25, -0.2) is 8.78 Å². The van der Waals surface area contributed by atoms with Gasteiger partial charge in [-0.2, -0.15) is 13.2 Å². The first kappa shape index (κ1) is 27.5. The zero-order valence-electron chi connectivity index (χ0n) is 20.6. The highest BCUT2D eigenvalue weighted by molar-refractivity contribution is 7.90. The normalized spacial score (nSPS) is 15.1. The Morgan fingerprint density at radius 1 is 0.971 bits per heavy atom. The third-order valence-electron chi connectivity index (χ3n) is 5.48. The van der Waals surface area contributed by atoms with E-state index in [4.69, 9.17) is 0 Å². The molecule has 0 aliphatic heterocycles. The second kappa shape index (κ2) is 9.75. The molecule has 0 amide bonds. The molecule has 0 fully saturated rings. The molecule has 0 saturated carbocycles. The van der Waals surface area contributed by atoms with Crippen LogP contribution in [0.2, 0.25) is 0 Å². The van der Waals surface area contributed by atoms with E-state index in [0.717, 1.165) is 6.07 Å². The van der Waals surface area contributed by atoms with Gasteiger partial charge in [-0.15, -0.1) is 4.72 Å². The Labute approximate surface area is 206 Å². The third-order valence-corrected chi connectivity index (χ3v) is 7.06. The minimum atomic E-state index is -4.54. The summed E-state index contributed by atoms with van der Waals surface area (Å²) in [6.07, 6.45) is -5.79. The zero-order valence-corrected chi connectivity index (χ0v) is 21.5. The smallest absolute Gasteiger partial charge is 0.417 e. The molecule has 1 aromatic heterocycles. The number of halogens is 5. The molecule has 0 bridgehead atoms. The quantitative estimate of drug-likeness (QED) is 0.270. The predicted octanol–water partition coefficient (Wildman–Crippen LogP) is 7.73. The lowest BCUT2D eigenvalue weighted by Crippen LogP contribution is -2.43. The van der Waals surface area contributed by atoms with E-state index in [0.29, 0.717) is 23.0 Å². The van der Waals surface area contributed by atoms with Crippen molar-refractivity contribution in [1.29, 1.82) is 0 Å². The van der Waals surface area contributed by atoms with Gasteiger partial charge in [-0.1, -0.05) is 51.1 Å². The highest BCUT2D eigenvalue weighted by atomic mass is 32.2. The van der Waals surface area contributed by atoms with Crippen LogP contribution in [-0.4, -0.2) is 20.3 Å². The van der Waals surface area contributed by atoms with Gasteiger partial charge in [0.05, 0.1) is 5.56 Å². The SMILES string of the molecule is CC(C)(C)Cn1cc([C@H](N[S@@+]([O-])C(C)(C)C)C(F)F)c2ccc(-c3ccccc3C(F)(F)F)cc21. The van der Waals surface area contributed by atoms with Gasteiger partial charge in [0.15, 0.2) is 0 Å². The molecule has 0 unspecified atom stereocenters. The van der Waals surface area contributed by atoms with Crippen molar-refractivity contribution in [3.8, 4) is 11.1 Å². The Kier molecular flexibility index (Phi) is 7.65. The van der Waals surface area contributed by atoms with Crippen LogP contribution in [0.5, 0.6) is 0 Å². The number of fused-ring (bicyclic) bond motifs is 1. The van der Waals surface area contributed by atoms with Gasteiger partial charge in [0.25, 0.3) is 6.43 Å². The largest absolute Gasteiger partial charge is 0.598 e. The zero-order chi connectivity index (χ0) is 26.3. The van der Waals surface area contributed by atoms with Gasteiger partial charge >= 0.3 is 6.18 Å². The van der Waals surface area contributed by atoms with E-state index in [1.165, 1.54) is 24.3 Å². The number of rotatable bonds is 6. The molecule has 2 atom stereocenters. The molecule has 9 heteroatoms. The van der Waals surface area contributed by atoms with Crippen molar-refractivity contribution in [2.24, 2.45) is 5.41 Å². The van der Waals surface area contributed by atoms with Crippen molar-refractivity contribution >= 4 is 22.3 Å². The second-order valence-corrected chi connectivity index (χ2v) is 12.9. The van der Waals surface area contributed by atoms with Crippen LogP contribution in [0.1, 0.15) is 58.7 Å². The summed E-state index contributed by atoms with van der Waals surface area (Å²) in [6.45, 7) is 11.5. The molecule has 1 N–H and O–H groups in total. The van der Waals surface area contributed by atoms with Crippen LogP contribution in [0.4, 0.5) is 22.0 Å². The lowest BCUT2D eigenvalue weighted by molar-refractivity contribution is -0.137. The van der Waals surface area contributed by atoms with Gasteiger partial charge in [0.1, 0.15) is 10.8 Å². The Hall–Kier alpha value is -2.10. The molecule has 0 aliphatic rings. The summed E-state index contributed by atoms with van der Waals surface area (Å²) >= 11 is -1.75. The van der Waals surface area contributed by atoms with Crippen LogP contribution < -0.4 is 4.72 Å². The van der Waals surface area contributed by atoms with Crippen LogP contribution >= 0.6 is 0 Å². The van der Waals surface area contributed by atoms with Crippen molar-refractivity contribution < 1.29 is 26.5 Å². The fraction of sp³-hybridized carbons (Fsp3) is 0.462. The molecule has 2 aromatic carbocycles. The van der Waals surface area contributed by atoms with Crippen LogP contribution in [0.15, 0.2) is 48.7 Å². The Morgan fingerprint density at radius 2 is 1.60 bits per heavy atom. The fourth-order valence-corrected chi connectivity index (χ4v) is 4.72. The number of benzene rings is 2. The lowest BCUT2D eigenvalue weighted by Gasteiger charge is -2.27. The van der Waals surface area contributed by atoms with Gasteiger partial charge in [-0.3, -0.25) is 0 Å². The van der Waals surface area contributed by atoms with Crippen LogP contribution in [0.25, 0.3) is 22.0 Å². The molecule has 1 heterocycles. The van der Waals surface area contributed by atoms with Crippen molar-refractivity contribution in [2.45, 2.75) is 71.5 Å². The van der Waals surface area contributed by atoms with E-state index in [1.54, 1.807) is 43.7 Å². The number of aromatic nitrogens is 1. The van der Waals surface area contributed by atoms with Crippen LogP contribution in [0.3, 0.4) is 0 Å². The molecule has 0 radical (unpaired) electrons. The topological polar surface area (TPSA) is 40.0 Å². The number of nitrogens with one attached hydrogen (secondary N) is 1. The van der Waals surface area contributed by atoms with Crippen molar-refractivity contribution in [2.75, 3.05) is 0 Å². The van der Waals surface area contributed by atoms with E-state index < -0.39 is 40.3 Å². The van der Waals surface area contributed by atoms with Crippen LogP contribution in [0, 0.1) is 5.41 Å².